The zero-order chi connectivity index (χ0) is 45.1. The molecule has 0 spiro atoms. The van der Waals surface area contributed by atoms with Crippen molar-refractivity contribution in [3.05, 3.63) is 85.9 Å². The van der Waals surface area contributed by atoms with E-state index in [9.17, 15) is 0 Å². The maximum absolute atomic E-state index is 5.10. The van der Waals surface area contributed by atoms with Crippen LogP contribution in [0.15, 0.2) is 42.0 Å². The topological polar surface area (TPSA) is 35.1 Å². The van der Waals surface area contributed by atoms with Crippen LogP contribution >= 0.6 is 11.3 Å². The Morgan fingerprint density at radius 3 is 1.18 bits per heavy atom. The Labute approximate surface area is 376 Å². The summed E-state index contributed by atoms with van der Waals surface area (Å²) in [6.07, 6.45) is 16.7. The second-order valence-corrected chi connectivity index (χ2v) is 20.6. The van der Waals surface area contributed by atoms with E-state index in [1.807, 2.05) is 25.3 Å². The van der Waals surface area contributed by atoms with E-state index in [1.54, 1.807) is 17.5 Å². The molecule has 0 atom stereocenters. The number of ether oxygens (including phenoxy) is 1. The summed E-state index contributed by atoms with van der Waals surface area (Å²) in [6.45, 7) is 38.3. The molecule has 7 heteroatoms. The summed E-state index contributed by atoms with van der Waals surface area (Å²) in [5.41, 5.74) is 10.6. The number of pyridine rings is 1. The first-order valence-corrected chi connectivity index (χ1v) is 24.4. The predicted molar refractivity (Wildman–Crippen MR) is 267 cm³/mol. The van der Waals surface area contributed by atoms with Crippen LogP contribution in [0.25, 0.3) is 0 Å². The van der Waals surface area contributed by atoms with Crippen LogP contribution in [0.4, 0.5) is 0 Å². The van der Waals surface area contributed by atoms with Gasteiger partial charge in [-0.2, -0.15) is 0 Å². The molecule has 0 N–H and O–H groups in total. The van der Waals surface area contributed by atoms with Gasteiger partial charge in [-0.1, -0.05) is 84.8 Å². The molecule has 60 heavy (non-hydrogen) atoms. The SMILES string of the molecule is CC1CC1.CC1CCCCC1.CN1CCC(C)(C)CC1.CN1CCN(C)CC1.CN1CCOCC1.Cc1c(C)c(C)c(C)c(C)c1C.Cc1cccnc1.Cc1cccs1. The summed E-state index contributed by atoms with van der Waals surface area (Å²) in [5.74, 6) is 2.12. The molecule has 5 fully saturated rings. The molecule has 5 aliphatic rings. The van der Waals surface area contributed by atoms with Gasteiger partial charge in [-0.3, -0.25) is 4.98 Å². The van der Waals surface area contributed by atoms with Crippen molar-refractivity contribution >= 4 is 11.3 Å². The normalized spacial score (nSPS) is 19.4. The molecule has 1 aromatic carbocycles. The van der Waals surface area contributed by atoms with Gasteiger partial charge in [0, 0.05) is 56.5 Å². The minimum Gasteiger partial charge on any atom is -0.379 e. The minimum atomic E-state index is 0.618. The third-order valence-electron chi connectivity index (χ3n) is 12.9. The first-order chi connectivity index (χ1) is 28.3. The lowest BCUT2D eigenvalue weighted by Gasteiger charge is -2.34. The Morgan fingerprint density at radius 2 is 0.967 bits per heavy atom. The Kier molecular flexibility index (Phi) is 29.5. The fraction of sp³-hybridized carbons (Fsp3) is 0.717. The first-order valence-electron chi connectivity index (χ1n) is 23.5. The average Bonchev–Trinajstić information content (AvgIpc) is 3.88. The quantitative estimate of drug-likeness (QED) is 0.224. The number of likely N-dealkylation sites (N-methyl/N-ethyl adjacent to an activating group) is 3. The number of thiophene rings is 1. The number of hydrogen-bond acceptors (Lipinski definition) is 7. The van der Waals surface area contributed by atoms with E-state index in [1.165, 1.54) is 141 Å². The number of rotatable bonds is 0. The van der Waals surface area contributed by atoms with Gasteiger partial charge in [0.25, 0.3) is 0 Å². The lowest BCUT2D eigenvalue weighted by Crippen LogP contribution is -2.42. The van der Waals surface area contributed by atoms with Gasteiger partial charge in [0.2, 0.25) is 0 Å². The van der Waals surface area contributed by atoms with Crippen LogP contribution in [-0.2, 0) is 4.74 Å². The number of nitrogens with zero attached hydrogens (tertiary/aromatic N) is 5. The monoisotopic (exact) mass is 850 g/mol. The molecule has 2 saturated carbocycles. The Morgan fingerprint density at radius 1 is 0.550 bits per heavy atom. The summed E-state index contributed by atoms with van der Waals surface area (Å²) in [4.78, 5) is 14.7. The van der Waals surface area contributed by atoms with Crippen molar-refractivity contribution in [1.82, 2.24) is 24.6 Å². The summed E-state index contributed by atoms with van der Waals surface area (Å²) < 4.78 is 5.10. The van der Waals surface area contributed by atoms with E-state index in [4.69, 9.17) is 4.74 Å². The average molecular weight is 850 g/mol. The van der Waals surface area contributed by atoms with Gasteiger partial charge < -0.3 is 24.3 Å². The van der Waals surface area contributed by atoms with Crippen molar-refractivity contribution in [3.8, 4) is 0 Å². The van der Waals surface area contributed by atoms with Gasteiger partial charge in [-0.25, -0.2) is 0 Å². The van der Waals surface area contributed by atoms with E-state index in [-0.39, 0.29) is 0 Å². The highest BCUT2D eigenvalue weighted by Gasteiger charge is 2.23. The number of benzene rings is 1. The van der Waals surface area contributed by atoms with E-state index in [2.05, 4.69) is 146 Å². The van der Waals surface area contributed by atoms with Crippen LogP contribution in [0, 0.1) is 72.6 Å². The number of piperazine rings is 1. The molecule has 344 valence electrons. The van der Waals surface area contributed by atoms with Crippen LogP contribution in [0.3, 0.4) is 0 Å². The predicted octanol–water partition coefficient (Wildman–Crippen LogP) is 12.5. The zero-order valence-corrected chi connectivity index (χ0v) is 43.0. The molecule has 8 rings (SSSR count). The van der Waals surface area contributed by atoms with Crippen LogP contribution in [0.2, 0.25) is 0 Å². The molecule has 0 amide bonds. The third-order valence-corrected chi connectivity index (χ3v) is 13.7. The van der Waals surface area contributed by atoms with Gasteiger partial charge in [-0.15, -0.1) is 11.3 Å². The van der Waals surface area contributed by atoms with Gasteiger partial charge in [0.15, 0.2) is 0 Å². The zero-order valence-electron chi connectivity index (χ0n) is 42.2. The van der Waals surface area contributed by atoms with Crippen LogP contribution in [0.5, 0.6) is 0 Å². The smallest absolute Gasteiger partial charge is 0.0594 e. The number of hydrogen-bond donors (Lipinski definition) is 0. The Balaban J connectivity index is 0.000000348. The molecule has 3 aromatic rings. The number of morpholine rings is 1. The molecule has 3 aliphatic heterocycles. The third kappa shape index (κ3) is 27.7. The van der Waals surface area contributed by atoms with E-state index < -0.39 is 0 Å². The Bertz CT molecular complexity index is 1330. The number of likely N-dealkylation sites (tertiary alicyclic amines) is 1. The minimum absolute atomic E-state index is 0.618. The van der Waals surface area contributed by atoms with Gasteiger partial charge in [0.05, 0.1) is 13.2 Å². The van der Waals surface area contributed by atoms with Gasteiger partial charge >= 0.3 is 0 Å². The fourth-order valence-corrected chi connectivity index (χ4v) is 7.28. The Hall–Kier alpha value is -2.13. The maximum atomic E-state index is 5.10. The van der Waals surface area contributed by atoms with Crippen molar-refractivity contribution < 1.29 is 4.74 Å². The molecular weight excluding hydrogens is 755 g/mol. The molecule has 0 bridgehead atoms. The highest BCUT2D eigenvalue weighted by molar-refractivity contribution is 7.09. The van der Waals surface area contributed by atoms with Crippen molar-refractivity contribution in [1.29, 1.82) is 0 Å². The van der Waals surface area contributed by atoms with Gasteiger partial charge in [0.1, 0.15) is 0 Å². The summed E-state index contributed by atoms with van der Waals surface area (Å²) in [7, 11) is 8.66. The molecule has 2 aliphatic carbocycles. The second kappa shape index (κ2) is 31.7. The second-order valence-electron chi connectivity index (χ2n) is 19.4. The maximum Gasteiger partial charge on any atom is 0.0594 e. The molecule has 0 radical (unpaired) electrons. The fourth-order valence-electron chi connectivity index (χ4n) is 6.75. The van der Waals surface area contributed by atoms with E-state index >= 15 is 0 Å². The largest absolute Gasteiger partial charge is 0.379 e. The van der Waals surface area contributed by atoms with E-state index in [0.29, 0.717) is 5.41 Å². The number of piperidine rings is 1. The molecule has 6 nitrogen and oxygen atoms in total. The summed E-state index contributed by atoms with van der Waals surface area (Å²) in [6, 6.07) is 8.10. The summed E-state index contributed by atoms with van der Waals surface area (Å²) >= 11 is 1.78. The standard InChI is InChI=1S/C12H18.C8H17N.C7H14.C6H14N2.C6H7N.C5H11NO.C5H6S.C4H8/c1-7-8(2)10(4)12(6)11(5)9(7)3;1-8(2)4-6-9(3)7-5-8;1-7-5-3-2-4-6-7;1-7-3-5-8(2)6-4-7;1-6-3-2-4-7-5-6;1-6-2-4-7-5-3-6;1-5-3-2-4-6-5;1-4-2-3-4/h1-6H3;4-7H2,1-3H3;7H,2-6H2,1H3;3-6H2,1-2H3;2-5H,1H3;2-5H2,1H3;2-4H,1H3;4H,2-3H2,1H3. The van der Waals surface area contributed by atoms with Crippen molar-refractivity contribution in [3.63, 3.8) is 0 Å². The van der Waals surface area contributed by atoms with Crippen LogP contribution in [0.1, 0.15) is 129 Å². The van der Waals surface area contributed by atoms with Crippen molar-refractivity contribution in [2.24, 2.45) is 17.3 Å². The van der Waals surface area contributed by atoms with Crippen LogP contribution in [-0.4, -0.2) is 118 Å². The van der Waals surface area contributed by atoms with Crippen molar-refractivity contribution in [2.75, 3.05) is 93.8 Å². The molecular formula is C53H95N5OS. The number of aromatic nitrogens is 1. The highest BCUT2D eigenvalue weighted by atomic mass is 32.1. The first kappa shape index (κ1) is 55.9. The molecule has 0 unspecified atom stereocenters. The van der Waals surface area contributed by atoms with Crippen molar-refractivity contribution in [2.45, 2.75) is 141 Å². The van der Waals surface area contributed by atoms with Gasteiger partial charge in [-0.05, 0) is 183 Å². The number of aryl methyl sites for hydroxylation is 2. The summed E-state index contributed by atoms with van der Waals surface area (Å²) in [5, 5.41) is 2.08. The molecule has 5 heterocycles. The molecule has 3 saturated heterocycles. The van der Waals surface area contributed by atoms with E-state index in [0.717, 1.165) is 38.1 Å². The highest BCUT2D eigenvalue weighted by Crippen LogP contribution is 2.29. The lowest BCUT2D eigenvalue weighted by atomic mass is 9.83. The van der Waals surface area contributed by atoms with Crippen LogP contribution < -0.4 is 0 Å². The molecule has 2 aromatic heterocycles. The lowest BCUT2D eigenvalue weighted by molar-refractivity contribution is 0.0503.